The van der Waals surface area contributed by atoms with E-state index in [2.05, 4.69) is 15.9 Å². The van der Waals surface area contributed by atoms with Crippen molar-refractivity contribution in [3.63, 3.8) is 0 Å². The van der Waals surface area contributed by atoms with Crippen molar-refractivity contribution in [2.24, 2.45) is 0 Å². The Hall–Kier alpha value is -0.390. The number of halogens is 4. The molecule has 0 heterocycles. The Morgan fingerprint density at radius 1 is 1.53 bits per heavy atom. The number of aliphatic hydroxyl groups excluding tert-OH is 1. The number of hydrogen-bond donors (Lipinski definition) is 1. The summed E-state index contributed by atoms with van der Waals surface area (Å²) in [5.41, 5.74) is 0.0164. The van der Waals surface area contributed by atoms with Gasteiger partial charge in [-0.15, -0.1) is 0 Å². The zero-order valence-electron chi connectivity index (χ0n) is 7.68. The third-order valence-electron chi connectivity index (χ3n) is 1.80. The van der Waals surface area contributed by atoms with Crippen LogP contribution < -0.4 is 4.74 Å². The average Bonchev–Trinajstić information content (AvgIpc) is 2.15. The summed E-state index contributed by atoms with van der Waals surface area (Å²) in [5.74, 6) is 0.366. The average molecular weight is 302 g/mol. The molecule has 0 spiro atoms. The van der Waals surface area contributed by atoms with Gasteiger partial charge >= 0.3 is 4.83 Å². The predicted molar refractivity (Wildman–Crippen MR) is 56.8 cm³/mol. The molecule has 0 aliphatic carbocycles. The fourth-order valence-electron chi connectivity index (χ4n) is 1.04. The van der Waals surface area contributed by atoms with Crippen molar-refractivity contribution in [2.45, 2.75) is 10.9 Å². The van der Waals surface area contributed by atoms with Crippen LogP contribution in [0.15, 0.2) is 18.2 Å². The van der Waals surface area contributed by atoms with Crippen LogP contribution in [0.4, 0.5) is 8.78 Å². The number of rotatable bonds is 3. The standard InChI is InChI=1S/C9H8BrClF2O2/c1-15-7-3-2-5(4-6(7)11)8(14)9(10,12)13/h2-4,8,14H,1H3. The zero-order valence-corrected chi connectivity index (χ0v) is 10.0. The molecule has 6 heteroatoms. The van der Waals surface area contributed by atoms with Gasteiger partial charge in [-0.3, -0.25) is 0 Å². The highest BCUT2D eigenvalue weighted by Gasteiger charge is 2.36. The number of aliphatic hydroxyl groups is 1. The molecule has 0 radical (unpaired) electrons. The summed E-state index contributed by atoms with van der Waals surface area (Å²) in [6.45, 7) is 0. The van der Waals surface area contributed by atoms with Gasteiger partial charge in [-0.25, -0.2) is 0 Å². The highest BCUT2D eigenvalue weighted by atomic mass is 79.9. The highest BCUT2D eigenvalue weighted by molar-refractivity contribution is 9.10. The molecule has 0 amide bonds. The monoisotopic (exact) mass is 300 g/mol. The molecule has 0 aliphatic heterocycles. The number of ether oxygens (including phenoxy) is 1. The molecule has 15 heavy (non-hydrogen) atoms. The fraction of sp³-hybridized carbons (Fsp3) is 0.333. The quantitative estimate of drug-likeness (QED) is 0.867. The Kier molecular flexibility index (Phi) is 3.92. The Bertz CT molecular complexity index is 354. The summed E-state index contributed by atoms with van der Waals surface area (Å²) < 4.78 is 30.3. The van der Waals surface area contributed by atoms with E-state index in [4.69, 9.17) is 16.3 Å². The second-order valence-corrected chi connectivity index (χ2v) is 4.30. The molecule has 0 saturated carbocycles. The molecule has 0 aliphatic rings. The number of hydrogen-bond acceptors (Lipinski definition) is 2. The van der Waals surface area contributed by atoms with E-state index in [-0.39, 0.29) is 10.6 Å². The van der Waals surface area contributed by atoms with E-state index < -0.39 is 10.9 Å². The first-order chi connectivity index (χ1) is 6.86. The van der Waals surface area contributed by atoms with Crippen LogP contribution in [0, 0.1) is 0 Å². The number of benzene rings is 1. The van der Waals surface area contributed by atoms with Gasteiger partial charge in [0.1, 0.15) is 5.75 Å². The Morgan fingerprint density at radius 3 is 2.53 bits per heavy atom. The maximum atomic E-state index is 12.7. The van der Waals surface area contributed by atoms with Gasteiger partial charge in [-0.05, 0) is 33.6 Å². The van der Waals surface area contributed by atoms with E-state index in [0.29, 0.717) is 5.75 Å². The zero-order chi connectivity index (χ0) is 11.6. The van der Waals surface area contributed by atoms with Crippen molar-refractivity contribution in [3.8, 4) is 5.75 Å². The molecule has 1 atom stereocenters. The Balaban J connectivity index is 3.02. The van der Waals surface area contributed by atoms with Crippen LogP contribution in [0.3, 0.4) is 0 Å². The van der Waals surface area contributed by atoms with E-state index in [9.17, 15) is 13.9 Å². The smallest absolute Gasteiger partial charge is 0.330 e. The van der Waals surface area contributed by atoms with Crippen LogP contribution >= 0.6 is 27.5 Å². The van der Waals surface area contributed by atoms with Crippen molar-refractivity contribution in [2.75, 3.05) is 7.11 Å². The lowest BCUT2D eigenvalue weighted by atomic mass is 10.1. The van der Waals surface area contributed by atoms with Crippen LogP contribution in [0.5, 0.6) is 5.75 Å². The molecule has 0 saturated heterocycles. The first-order valence-corrected chi connectivity index (χ1v) is 5.11. The molecule has 1 N–H and O–H groups in total. The molecule has 0 aromatic heterocycles. The lowest BCUT2D eigenvalue weighted by Crippen LogP contribution is -2.18. The molecular weight excluding hydrogens is 293 g/mol. The second kappa shape index (κ2) is 4.63. The number of methoxy groups -OCH3 is 1. The lowest BCUT2D eigenvalue weighted by molar-refractivity contribution is -0.0294. The normalized spacial score (nSPS) is 13.7. The minimum absolute atomic E-state index is 0.0164. The number of alkyl halides is 3. The van der Waals surface area contributed by atoms with Gasteiger partial charge < -0.3 is 9.84 Å². The molecule has 1 aromatic rings. The van der Waals surface area contributed by atoms with Gasteiger partial charge in [0.05, 0.1) is 12.1 Å². The van der Waals surface area contributed by atoms with E-state index in [1.165, 1.54) is 25.3 Å². The molecule has 2 nitrogen and oxygen atoms in total. The Morgan fingerprint density at radius 2 is 2.13 bits per heavy atom. The van der Waals surface area contributed by atoms with Crippen molar-refractivity contribution in [1.29, 1.82) is 0 Å². The van der Waals surface area contributed by atoms with Crippen LogP contribution in [0.25, 0.3) is 0 Å². The van der Waals surface area contributed by atoms with Gasteiger partial charge in [-0.1, -0.05) is 17.7 Å². The van der Waals surface area contributed by atoms with Crippen molar-refractivity contribution in [1.82, 2.24) is 0 Å². The first kappa shape index (κ1) is 12.7. The van der Waals surface area contributed by atoms with Gasteiger partial charge in [-0.2, -0.15) is 8.78 Å². The topological polar surface area (TPSA) is 29.5 Å². The van der Waals surface area contributed by atoms with Crippen molar-refractivity contribution < 1.29 is 18.6 Å². The van der Waals surface area contributed by atoms with Crippen LogP contribution in [-0.4, -0.2) is 17.0 Å². The van der Waals surface area contributed by atoms with E-state index >= 15 is 0 Å². The highest BCUT2D eigenvalue weighted by Crippen LogP contribution is 2.38. The maximum Gasteiger partial charge on any atom is 0.330 e. The van der Waals surface area contributed by atoms with Gasteiger partial charge in [0.25, 0.3) is 0 Å². The molecule has 84 valence electrons. The fourth-order valence-corrected chi connectivity index (χ4v) is 1.57. The first-order valence-electron chi connectivity index (χ1n) is 3.94. The minimum Gasteiger partial charge on any atom is -0.495 e. The summed E-state index contributed by atoms with van der Waals surface area (Å²) >= 11 is 7.81. The second-order valence-electron chi connectivity index (χ2n) is 2.84. The molecular formula is C9H8BrClF2O2. The summed E-state index contributed by atoms with van der Waals surface area (Å²) in [6.07, 6.45) is -1.94. The van der Waals surface area contributed by atoms with Gasteiger partial charge in [0.2, 0.25) is 0 Å². The molecule has 1 rings (SSSR count). The third kappa shape index (κ3) is 3.03. The SMILES string of the molecule is COc1ccc(C(O)C(F)(F)Br)cc1Cl. The molecule has 0 fully saturated rings. The van der Waals surface area contributed by atoms with Gasteiger partial charge in [0.15, 0.2) is 6.10 Å². The largest absolute Gasteiger partial charge is 0.495 e. The molecule has 1 unspecified atom stereocenters. The summed E-state index contributed by atoms with van der Waals surface area (Å²) in [5, 5.41) is 9.42. The van der Waals surface area contributed by atoms with Crippen molar-refractivity contribution in [3.05, 3.63) is 28.8 Å². The predicted octanol–water partition coefficient (Wildman–Crippen LogP) is 3.37. The lowest BCUT2D eigenvalue weighted by Gasteiger charge is -2.17. The van der Waals surface area contributed by atoms with E-state index in [1.54, 1.807) is 0 Å². The van der Waals surface area contributed by atoms with Crippen LogP contribution in [-0.2, 0) is 0 Å². The summed E-state index contributed by atoms with van der Waals surface area (Å²) in [4.78, 5) is -3.38. The molecule has 1 aromatic carbocycles. The Labute approximate surface area is 98.9 Å². The van der Waals surface area contributed by atoms with E-state index in [1.807, 2.05) is 0 Å². The summed E-state index contributed by atoms with van der Waals surface area (Å²) in [7, 11) is 1.41. The van der Waals surface area contributed by atoms with Crippen LogP contribution in [0.2, 0.25) is 5.02 Å². The summed E-state index contributed by atoms with van der Waals surface area (Å²) in [6, 6.07) is 3.98. The maximum absolute atomic E-state index is 12.7. The van der Waals surface area contributed by atoms with Gasteiger partial charge in [0, 0.05) is 0 Å². The van der Waals surface area contributed by atoms with E-state index in [0.717, 1.165) is 0 Å². The minimum atomic E-state index is -3.38. The van der Waals surface area contributed by atoms with Crippen molar-refractivity contribution >= 4 is 27.5 Å². The third-order valence-corrected chi connectivity index (χ3v) is 2.53. The van der Waals surface area contributed by atoms with Crippen LogP contribution in [0.1, 0.15) is 11.7 Å². The molecule has 0 bridgehead atoms.